The predicted molar refractivity (Wildman–Crippen MR) is 122 cm³/mol. The fourth-order valence-corrected chi connectivity index (χ4v) is 3.91. The van der Waals surface area contributed by atoms with Crippen molar-refractivity contribution < 1.29 is 4.52 Å². The fraction of sp³-hybridized carbons (Fsp3) is 0.650. The van der Waals surface area contributed by atoms with Crippen LogP contribution in [0.15, 0.2) is 28.0 Å². The normalized spacial score (nSPS) is 17.2. The van der Waals surface area contributed by atoms with Crippen molar-refractivity contribution in [2.24, 2.45) is 18.0 Å². The Morgan fingerprint density at radius 3 is 2.82 bits per heavy atom. The van der Waals surface area contributed by atoms with Gasteiger partial charge in [0.15, 0.2) is 11.7 Å². The lowest BCUT2D eigenvalue weighted by Gasteiger charge is -2.21. The van der Waals surface area contributed by atoms with Crippen LogP contribution < -0.4 is 5.32 Å². The Bertz CT molecular complexity index is 751. The first-order valence-corrected chi connectivity index (χ1v) is 10.0. The molecule has 0 aliphatic carbocycles. The first kappa shape index (κ1) is 22.7. The summed E-state index contributed by atoms with van der Waals surface area (Å²) < 4.78 is 7.38. The molecule has 1 aliphatic heterocycles. The second-order valence-electron chi connectivity index (χ2n) is 7.46. The Balaban J connectivity index is 0.00000280. The summed E-state index contributed by atoms with van der Waals surface area (Å²) in [4.78, 5) is 6.79. The lowest BCUT2D eigenvalue weighted by molar-refractivity contribution is 0.365. The summed E-state index contributed by atoms with van der Waals surface area (Å²) in [6, 6.07) is 2.08. The van der Waals surface area contributed by atoms with Gasteiger partial charge < -0.3 is 14.7 Å². The minimum atomic E-state index is 0. The number of nitrogens with zero attached hydrogens (tertiary/aromatic N) is 5. The number of aryl methyl sites for hydroxylation is 1. The number of halogens is 1. The lowest BCUT2D eigenvalue weighted by atomic mass is 9.99. The van der Waals surface area contributed by atoms with E-state index in [0.717, 1.165) is 49.8 Å². The summed E-state index contributed by atoms with van der Waals surface area (Å²) in [7, 11) is 3.81. The van der Waals surface area contributed by atoms with E-state index in [1.54, 1.807) is 0 Å². The molecule has 1 fully saturated rings. The Morgan fingerprint density at radius 2 is 2.18 bits per heavy atom. The monoisotopic (exact) mass is 500 g/mol. The number of nitrogens with one attached hydrogen (secondary N) is 1. The molecule has 0 aromatic carbocycles. The van der Waals surface area contributed by atoms with E-state index in [4.69, 9.17) is 4.52 Å². The van der Waals surface area contributed by atoms with Gasteiger partial charge in [-0.3, -0.25) is 9.67 Å². The molecule has 2 aromatic heterocycles. The molecule has 1 saturated heterocycles. The van der Waals surface area contributed by atoms with Gasteiger partial charge >= 0.3 is 0 Å². The summed E-state index contributed by atoms with van der Waals surface area (Å²) in [6.07, 6.45) is 8.50. The third-order valence-corrected chi connectivity index (χ3v) is 5.48. The van der Waals surface area contributed by atoms with Gasteiger partial charge in [0.05, 0.1) is 18.4 Å². The largest absolute Gasteiger partial charge is 0.359 e. The van der Waals surface area contributed by atoms with Crippen molar-refractivity contribution in [2.75, 3.05) is 20.1 Å². The summed E-state index contributed by atoms with van der Waals surface area (Å²) in [5, 5.41) is 11.9. The van der Waals surface area contributed by atoms with E-state index in [9.17, 15) is 0 Å². The SMILES string of the molecule is CCC(CC)c1cc(CNC(=NC)N2CCC(Cc3cnn(C)c3)C2)on1.I. The lowest BCUT2D eigenvalue weighted by Crippen LogP contribution is -2.39. The standard InChI is InChI=1S/C20H32N6O.HI/c1-5-17(6-2)19-10-18(27-24-19)12-22-20(21-3)26-8-7-15(14-26)9-16-11-23-25(4)13-16;/h10-11,13,15,17H,5-9,12,14H2,1-4H3,(H,21,22);1H. The van der Waals surface area contributed by atoms with E-state index in [-0.39, 0.29) is 24.0 Å². The zero-order valence-electron chi connectivity index (χ0n) is 17.4. The van der Waals surface area contributed by atoms with E-state index < -0.39 is 0 Å². The Kier molecular flexibility index (Phi) is 8.78. The Morgan fingerprint density at radius 1 is 1.39 bits per heavy atom. The summed E-state index contributed by atoms with van der Waals surface area (Å²) in [5.41, 5.74) is 2.37. The fourth-order valence-electron chi connectivity index (χ4n) is 3.91. The maximum Gasteiger partial charge on any atom is 0.194 e. The zero-order chi connectivity index (χ0) is 19.2. The van der Waals surface area contributed by atoms with Crippen LogP contribution in [-0.4, -0.2) is 45.9 Å². The molecule has 0 radical (unpaired) electrons. The number of aliphatic imine (C=N–C) groups is 1. The molecule has 1 atom stereocenters. The molecule has 0 bridgehead atoms. The average molecular weight is 500 g/mol. The maximum absolute atomic E-state index is 5.51. The number of hydrogen-bond acceptors (Lipinski definition) is 4. The Labute approximate surface area is 185 Å². The highest BCUT2D eigenvalue weighted by Gasteiger charge is 2.25. The quantitative estimate of drug-likeness (QED) is 0.358. The second-order valence-corrected chi connectivity index (χ2v) is 7.46. The van der Waals surface area contributed by atoms with E-state index in [2.05, 4.69) is 51.6 Å². The minimum absolute atomic E-state index is 0. The molecule has 1 N–H and O–H groups in total. The molecule has 1 aliphatic rings. The first-order valence-electron chi connectivity index (χ1n) is 10.0. The molecular weight excluding hydrogens is 467 g/mol. The van der Waals surface area contributed by atoms with Gasteiger partial charge in [-0.15, -0.1) is 24.0 Å². The first-order chi connectivity index (χ1) is 13.1. The van der Waals surface area contributed by atoms with Crippen LogP contribution >= 0.6 is 24.0 Å². The van der Waals surface area contributed by atoms with Crippen molar-refractivity contribution in [3.63, 3.8) is 0 Å². The van der Waals surface area contributed by atoms with Crippen LogP contribution in [0.4, 0.5) is 0 Å². The molecule has 2 aromatic rings. The van der Waals surface area contributed by atoms with Crippen molar-refractivity contribution in [3.8, 4) is 0 Å². The molecule has 8 heteroatoms. The topological polar surface area (TPSA) is 71.5 Å². The third-order valence-electron chi connectivity index (χ3n) is 5.48. The molecule has 3 rings (SSSR count). The minimum Gasteiger partial charge on any atom is -0.359 e. The van der Waals surface area contributed by atoms with Crippen molar-refractivity contribution >= 4 is 29.9 Å². The highest BCUT2D eigenvalue weighted by atomic mass is 127. The van der Waals surface area contributed by atoms with Crippen molar-refractivity contribution in [1.82, 2.24) is 25.2 Å². The highest BCUT2D eigenvalue weighted by Crippen LogP contribution is 2.23. The molecule has 0 amide bonds. The third kappa shape index (κ3) is 5.71. The number of aromatic nitrogens is 3. The molecule has 28 heavy (non-hydrogen) atoms. The van der Waals surface area contributed by atoms with Crippen LogP contribution in [0.2, 0.25) is 0 Å². The molecule has 7 nitrogen and oxygen atoms in total. The molecule has 0 saturated carbocycles. The van der Waals surface area contributed by atoms with E-state index >= 15 is 0 Å². The van der Waals surface area contributed by atoms with Crippen LogP contribution in [-0.2, 0) is 20.0 Å². The van der Waals surface area contributed by atoms with Gasteiger partial charge in [-0.2, -0.15) is 5.10 Å². The zero-order valence-corrected chi connectivity index (χ0v) is 19.7. The molecule has 0 spiro atoms. The van der Waals surface area contributed by atoms with Crippen molar-refractivity contribution in [1.29, 1.82) is 0 Å². The summed E-state index contributed by atoms with van der Waals surface area (Å²) in [6.45, 7) is 7.05. The number of hydrogen-bond donors (Lipinski definition) is 1. The van der Waals surface area contributed by atoms with Gasteiger partial charge in [-0.05, 0) is 37.2 Å². The highest BCUT2D eigenvalue weighted by molar-refractivity contribution is 14.0. The second kappa shape index (κ2) is 10.8. The summed E-state index contributed by atoms with van der Waals surface area (Å²) >= 11 is 0. The number of guanidine groups is 1. The van der Waals surface area contributed by atoms with E-state index in [1.807, 2.05) is 25.0 Å². The maximum atomic E-state index is 5.51. The number of rotatable bonds is 7. The average Bonchev–Trinajstić information content (AvgIpc) is 3.40. The van der Waals surface area contributed by atoms with Gasteiger partial charge in [0.25, 0.3) is 0 Å². The molecule has 3 heterocycles. The molecule has 156 valence electrons. The van der Waals surface area contributed by atoms with Gasteiger partial charge in [0.1, 0.15) is 0 Å². The van der Waals surface area contributed by atoms with Crippen molar-refractivity contribution in [2.45, 2.75) is 52.0 Å². The smallest absolute Gasteiger partial charge is 0.194 e. The van der Waals surface area contributed by atoms with Crippen LogP contribution in [0.1, 0.15) is 56.0 Å². The van der Waals surface area contributed by atoms with Crippen LogP contribution in [0, 0.1) is 5.92 Å². The molecule has 1 unspecified atom stereocenters. The predicted octanol–water partition coefficient (Wildman–Crippen LogP) is 3.57. The van der Waals surface area contributed by atoms with Crippen LogP contribution in [0.3, 0.4) is 0 Å². The van der Waals surface area contributed by atoms with Crippen LogP contribution in [0.5, 0.6) is 0 Å². The summed E-state index contributed by atoms with van der Waals surface area (Å²) in [5.74, 6) is 2.92. The number of likely N-dealkylation sites (tertiary alicyclic amines) is 1. The van der Waals surface area contributed by atoms with E-state index in [0.29, 0.717) is 18.4 Å². The van der Waals surface area contributed by atoms with Crippen LogP contribution in [0.25, 0.3) is 0 Å². The molecular formula is C20H33IN6O. The van der Waals surface area contributed by atoms with Gasteiger partial charge in [0, 0.05) is 45.4 Å². The Hall–Kier alpha value is -1.58. The van der Waals surface area contributed by atoms with Gasteiger partial charge in [-0.1, -0.05) is 19.0 Å². The van der Waals surface area contributed by atoms with E-state index in [1.165, 1.54) is 12.0 Å². The van der Waals surface area contributed by atoms with Gasteiger partial charge in [-0.25, -0.2) is 0 Å². The van der Waals surface area contributed by atoms with Gasteiger partial charge in [0.2, 0.25) is 0 Å². The van der Waals surface area contributed by atoms with Crippen molar-refractivity contribution in [3.05, 3.63) is 35.5 Å².